The second-order valence-corrected chi connectivity index (χ2v) is 1.69. The molecule has 0 aliphatic heterocycles. The first-order valence-corrected chi connectivity index (χ1v) is 2.94. The zero-order valence-electron chi connectivity index (χ0n) is 6.00. The van der Waals surface area contributed by atoms with E-state index in [1.807, 2.05) is 6.92 Å². The van der Waals surface area contributed by atoms with E-state index in [0.717, 1.165) is 12.8 Å². The molecule has 55 valence electrons. The smallest absolute Gasteiger partial charge is 0.313 e. The van der Waals surface area contributed by atoms with Gasteiger partial charge in [-0.3, -0.25) is 9.59 Å². The van der Waals surface area contributed by atoms with Gasteiger partial charge in [-0.1, -0.05) is 13.3 Å². The molecule has 0 N–H and O–H groups in total. The Labute approximate surface area is 85.4 Å². The molecule has 0 aromatic heterocycles. The van der Waals surface area contributed by atoms with Gasteiger partial charge < -0.3 is 4.74 Å². The summed E-state index contributed by atoms with van der Waals surface area (Å²) in [6.45, 7) is 2.13. The van der Waals surface area contributed by atoms with Crippen molar-refractivity contribution >= 4 is 12.4 Å². The average molecular weight is 219 g/mol. The van der Waals surface area contributed by atoms with E-state index in [4.69, 9.17) is 0 Å². The van der Waals surface area contributed by atoms with Crippen molar-refractivity contribution in [2.24, 2.45) is 0 Å². The molecule has 0 spiro atoms. The molecule has 1 radical (unpaired) electrons. The number of esters is 1. The van der Waals surface area contributed by atoms with Crippen LogP contribution < -0.4 is 0 Å². The Kier molecular flexibility index (Phi) is 11.9. The van der Waals surface area contributed by atoms with Crippen molar-refractivity contribution in [3.05, 3.63) is 0 Å². The van der Waals surface area contributed by atoms with Crippen LogP contribution in [-0.4, -0.2) is 12.4 Å². The van der Waals surface area contributed by atoms with Crippen LogP contribution in [0.5, 0.6) is 0 Å². The molecule has 3 nitrogen and oxygen atoms in total. The van der Waals surface area contributed by atoms with E-state index in [-0.39, 0.29) is 39.2 Å². The Hall–Kier alpha value is 0.244. The summed E-state index contributed by atoms with van der Waals surface area (Å²) >= 11 is 0. The van der Waals surface area contributed by atoms with Gasteiger partial charge in [0, 0.05) is 39.1 Å². The van der Waals surface area contributed by atoms with Crippen molar-refractivity contribution in [1.82, 2.24) is 0 Å². The Morgan fingerprint density at radius 3 is 2.60 bits per heavy atom. The SMILES string of the molecule is CCCCC(=O)OC=O.[Y]. The van der Waals surface area contributed by atoms with Crippen molar-refractivity contribution < 1.29 is 47.0 Å². The predicted octanol–water partition coefficient (Wildman–Crippen LogP) is 0.874. The topological polar surface area (TPSA) is 43.4 Å². The largest absolute Gasteiger partial charge is 0.395 e. The van der Waals surface area contributed by atoms with Crippen molar-refractivity contribution in [3.63, 3.8) is 0 Å². The summed E-state index contributed by atoms with van der Waals surface area (Å²) in [6, 6.07) is 0. The molecule has 0 bridgehead atoms. The Morgan fingerprint density at radius 1 is 1.60 bits per heavy atom. The summed E-state index contributed by atoms with van der Waals surface area (Å²) in [7, 11) is 0. The molecule has 0 saturated carbocycles. The van der Waals surface area contributed by atoms with Gasteiger partial charge in [0.1, 0.15) is 0 Å². The monoisotopic (exact) mass is 219 g/mol. The first-order valence-electron chi connectivity index (χ1n) is 2.94. The Balaban J connectivity index is 0. The van der Waals surface area contributed by atoms with Crippen LogP contribution in [-0.2, 0) is 47.0 Å². The number of carbonyl (C=O) groups is 2. The number of rotatable bonds is 4. The minimum atomic E-state index is -0.438. The van der Waals surface area contributed by atoms with E-state index < -0.39 is 5.97 Å². The number of ether oxygens (including phenoxy) is 1. The summed E-state index contributed by atoms with van der Waals surface area (Å²) in [6.07, 6.45) is 2.07. The van der Waals surface area contributed by atoms with Gasteiger partial charge in [-0.2, -0.15) is 0 Å². The maximum absolute atomic E-state index is 10.3. The average Bonchev–Trinajstić information content (AvgIpc) is 1.85. The summed E-state index contributed by atoms with van der Waals surface area (Å²) in [5.74, 6) is -0.438. The minimum absolute atomic E-state index is 0. The fraction of sp³-hybridized carbons (Fsp3) is 0.667. The molecule has 0 heterocycles. The molecule has 0 unspecified atom stereocenters. The fourth-order valence-corrected chi connectivity index (χ4v) is 0.434. The zero-order valence-corrected chi connectivity index (χ0v) is 8.84. The third-order valence-corrected chi connectivity index (χ3v) is 0.914. The summed E-state index contributed by atoms with van der Waals surface area (Å²) < 4.78 is 4.02. The van der Waals surface area contributed by atoms with Crippen LogP contribution in [0, 0.1) is 0 Å². The molecule has 0 saturated heterocycles. The molecule has 10 heavy (non-hydrogen) atoms. The molecule has 0 atom stereocenters. The molecule has 0 aromatic carbocycles. The molecule has 0 aromatic rings. The third kappa shape index (κ3) is 8.24. The molecule has 0 amide bonds. The molecule has 4 heteroatoms. The molecule has 0 fully saturated rings. The quantitative estimate of drug-likeness (QED) is 0.400. The van der Waals surface area contributed by atoms with Crippen molar-refractivity contribution in [2.75, 3.05) is 0 Å². The Morgan fingerprint density at radius 2 is 2.20 bits per heavy atom. The van der Waals surface area contributed by atoms with Gasteiger partial charge in [0.2, 0.25) is 0 Å². The second-order valence-electron chi connectivity index (χ2n) is 1.69. The van der Waals surface area contributed by atoms with Crippen LogP contribution in [0.3, 0.4) is 0 Å². The normalized spacial score (nSPS) is 7.70. The molecule has 0 rings (SSSR count). The van der Waals surface area contributed by atoms with E-state index in [1.165, 1.54) is 0 Å². The first-order chi connectivity index (χ1) is 4.31. The summed E-state index contributed by atoms with van der Waals surface area (Å²) in [5, 5.41) is 0. The number of carbonyl (C=O) groups excluding carboxylic acids is 2. The van der Waals surface area contributed by atoms with Crippen LogP contribution >= 0.6 is 0 Å². The third-order valence-electron chi connectivity index (χ3n) is 0.914. The number of hydrogen-bond acceptors (Lipinski definition) is 3. The van der Waals surface area contributed by atoms with E-state index >= 15 is 0 Å². The van der Waals surface area contributed by atoms with Crippen molar-refractivity contribution in [2.45, 2.75) is 26.2 Å². The predicted molar refractivity (Wildman–Crippen MR) is 31.7 cm³/mol. The molecular weight excluding hydrogens is 209 g/mol. The standard InChI is InChI=1S/C6H10O3.Y/c1-2-3-4-6(8)9-5-7;/h5H,2-4H2,1H3;. The number of hydrogen-bond donors (Lipinski definition) is 0. The maximum Gasteiger partial charge on any atom is 0.313 e. The van der Waals surface area contributed by atoms with Crippen LogP contribution in [0.25, 0.3) is 0 Å². The van der Waals surface area contributed by atoms with Crippen LogP contribution in [0.15, 0.2) is 0 Å². The van der Waals surface area contributed by atoms with Gasteiger partial charge in [-0.15, -0.1) is 0 Å². The molecule has 0 aliphatic carbocycles. The van der Waals surface area contributed by atoms with E-state index in [2.05, 4.69) is 4.74 Å². The van der Waals surface area contributed by atoms with E-state index in [0.29, 0.717) is 6.42 Å². The van der Waals surface area contributed by atoms with Gasteiger partial charge in [-0.25, -0.2) is 0 Å². The maximum atomic E-state index is 10.3. The molecule has 0 aliphatic rings. The van der Waals surface area contributed by atoms with Crippen LogP contribution in [0.4, 0.5) is 0 Å². The van der Waals surface area contributed by atoms with E-state index in [9.17, 15) is 9.59 Å². The van der Waals surface area contributed by atoms with Crippen molar-refractivity contribution in [1.29, 1.82) is 0 Å². The van der Waals surface area contributed by atoms with Gasteiger partial charge in [0.05, 0.1) is 0 Å². The first kappa shape index (κ1) is 12.9. The van der Waals surface area contributed by atoms with Crippen LogP contribution in [0.1, 0.15) is 26.2 Å². The van der Waals surface area contributed by atoms with Gasteiger partial charge in [-0.05, 0) is 6.42 Å². The second kappa shape index (κ2) is 9.24. The minimum Gasteiger partial charge on any atom is -0.395 e. The Bertz CT molecular complexity index is 103. The number of unbranched alkanes of at least 4 members (excludes halogenated alkanes) is 1. The van der Waals surface area contributed by atoms with Gasteiger partial charge in [0.25, 0.3) is 0 Å². The summed E-state index contributed by atoms with van der Waals surface area (Å²) in [4.78, 5) is 19.9. The molecular formula is C6H10O3Y. The van der Waals surface area contributed by atoms with Crippen LogP contribution in [0.2, 0.25) is 0 Å². The van der Waals surface area contributed by atoms with E-state index in [1.54, 1.807) is 0 Å². The zero-order chi connectivity index (χ0) is 7.11. The van der Waals surface area contributed by atoms with Crippen molar-refractivity contribution in [3.8, 4) is 0 Å². The fourth-order valence-electron chi connectivity index (χ4n) is 0.434. The van der Waals surface area contributed by atoms with Gasteiger partial charge in [0.15, 0.2) is 0 Å². The summed E-state index contributed by atoms with van der Waals surface area (Å²) in [5.41, 5.74) is 0. The van der Waals surface area contributed by atoms with Gasteiger partial charge >= 0.3 is 12.4 Å².